The van der Waals surface area contributed by atoms with Crippen LogP contribution in [-0.2, 0) is 4.79 Å². The van der Waals surface area contributed by atoms with Gasteiger partial charge in [0.05, 0.1) is 0 Å². The van der Waals surface area contributed by atoms with Crippen LogP contribution in [0.1, 0.15) is 62.0 Å². The van der Waals surface area contributed by atoms with Gasteiger partial charge in [0.1, 0.15) is 11.2 Å². The Hall–Kier alpha value is -1.78. The lowest BCUT2D eigenvalue weighted by molar-refractivity contribution is -0.150. The summed E-state index contributed by atoms with van der Waals surface area (Å²) in [7, 11) is 0. The molecule has 3 rings (SSSR count). The Morgan fingerprint density at radius 2 is 2.05 bits per heavy atom. The molecule has 1 saturated carbocycles. The van der Waals surface area contributed by atoms with Crippen LogP contribution in [-0.4, -0.2) is 38.5 Å². The number of carboxylic acids is 1. The summed E-state index contributed by atoms with van der Waals surface area (Å²) < 4.78 is 2.03. The van der Waals surface area contributed by atoms with Gasteiger partial charge >= 0.3 is 5.97 Å². The van der Waals surface area contributed by atoms with E-state index in [9.17, 15) is 14.7 Å². The van der Waals surface area contributed by atoms with Crippen LogP contribution in [0.5, 0.6) is 0 Å². The minimum absolute atomic E-state index is 0.142. The molecule has 0 bridgehead atoms. The molecule has 0 radical (unpaired) electrons. The van der Waals surface area contributed by atoms with E-state index in [0.29, 0.717) is 24.7 Å². The first-order chi connectivity index (χ1) is 10.0. The second kappa shape index (κ2) is 5.20. The molecule has 2 aliphatic rings. The number of amides is 1. The van der Waals surface area contributed by atoms with Gasteiger partial charge in [-0.1, -0.05) is 0 Å². The first-order valence-electron chi connectivity index (χ1n) is 7.76. The molecular formula is C16H22N2O3. The molecule has 21 heavy (non-hydrogen) atoms. The highest BCUT2D eigenvalue weighted by atomic mass is 16.4. The lowest BCUT2D eigenvalue weighted by atomic mass is 9.88. The van der Waals surface area contributed by atoms with Gasteiger partial charge in [0.25, 0.3) is 5.91 Å². The number of carbonyl (C=O) groups excluding carboxylic acids is 1. The molecule has 114 valence electrons. The van der Waals surface area contributed by atoms with Crippen LogP contribution in [0.2, 0.25) is 0 Å². The summed E-state index contributed by atoms with van der Waals surface area (Å²) in [5.41, 5.74) is -0.446. The fourth-order valence-corrected chi connectivity index (χ4v) is 3.37. The van der Waals surface area contributed by atoms with Gasteiger partial charge in [0.2, 0.25) is 0 Å². The van der Waals surface area contributed by atoms with Gasteiger partial charge in [-0.05, 0) is 57.6 Å². The number of carbonyl (C=O) groups is 2. The van der Waals surface area contributed by atoms with Gasteiger partial charge < -0.3 is 14.6 Å². The fraction of sp³-hybridized carbons (Fsp3) is 0.625. The quantitative estimate of drug-likeness (QED) is 0.931. The van der Waals surface area contributed by atoms with Crippen molar-refractivity contribution < 1.29 is 14.7 Å². The Morgan fingerprint density at radius 3 is 2.67 bits per heavy atom. The third-order valence-corrected chi connectivity index (χ3v) is 5.06. The normalized spacial score (nSPS) is 26.4. The third kappa shape index (κ3) is 2.24. The highest BCUT2D eigenvalue weighted by molar-refractivity contribution is 5.96. The number of piperidine rings is 1. The van der Waals surface area contributed by atoms with Crippen LogP contribution in [0.3, 0.4) is 0 Å². The number of nitrogens with zero attached hydrogens (tertiary/aromatic N) is 2. The molecular weight excluding hydrogens is 268 g/mol. The zero-order valence-corrected chi connectivity index (χ0v) is 12.4. The van der Waals surface area contributed by atoms with Gasteiger partial charge in [0, 0.05) is 18.8 Å². The molecule has 0 spiro atoms. The summed E-state index contributed by atoms with van der Waals surface area (Å²) in [5, 5.41) is 9.55. The van der Waals surface area contributed by atoms with E-state index in [1.54, 1.807) is 11.8 Å². The predicted octanol–water partition coefficient (Wildman–Crippen LogP) is 2.68. The van der Waals surface area contributed by atoms with Crippen LogP contribution >= 0.6 is 0 Å². The topological polar surface area (TPSA) is 62.5 Å². The molecule has 5 nitrogen and oxygen atoms in total. The van der Waals surface area contributed by atoms with Crippen molar-refractivity contribution >= 4 is 11.9 Å². The van der Waals surface area contributed by atoms with Crippen LogP contribution in [0.25, 0.3) is 0 Å². The minimum atomic E-state index is -1.08. The van der Waals surface area contributed by atoms with Crippen molar-refractivity contribution in [2.75, 3.05) is 6.54 Å². The highest BCUT2D eigenvalue weighted by Crippen LogP contribution is 2.35. The molecule has 2 fully saturated rings. The number of aromatic nitrogens is 1. The number of aliphatic carboxylic acids is 1. The van der Waals surface area contributed by atoms with Crippen molar-refractivity contribution in [1.29, 1.82) is 0 Å². The molecule has 1 saturated heterocycles. The summed E-state index contributed by atoms with van der Waals surface area (Å²) in [4.78, 5) is 26.1. The summed E-state index contributed by atoms with van der Waals surface area (Å²) in [5.74, 6) is -1.05. The van der Waals surface area contributed by atoms with Crippen LogP contribution in [0.4, 0.5) is 0 Å². The largest absolute Gasteiger partial charge is 0.480 e. The molecule has 1 unspecified atom stereocenters. The maximum atomic E-state index is 12.9. The Kier molecular flexibility index (Phi) is 3.51. The van der Waals surface area contributed by atoms with Crippen molar-refractivity contribution in [3.63, 3.8) is 0 Å². The van der Waals surface area contributed by atoms with Crippen LogP contribution in [0, 0.1) is 0 Å². The first-order valence-corrected chi connectivity index (χ1v) is 7.76. The Balaban J connectivity index is 1.90. The first kappa shape index (κ1) is 14.2. The van der Waals surface area contributed by atoms with Gasteiger partial charge in [-0.3, -0.25) is 4.79 Å². The second-order valence-corrected chi connectivity index (χ2v) is 6.38. The zero-order valence-electron chi connectivity index (χ0n) is 12.4. The lowest BCUT2D eigenvalue weighted by Crippen LogP contribution is -2.57. The lowest BCUT2D eigenvalue weighted by Gasteiger charge is -2.42. The Morgan fingerprint density at radius 1 is 1.29 bits per heavy atom. The number of carboxylic acid groups (broad SMARTS) is 1. The van der Waals surface area contributed by atoms with E-state index in [0.717, 1.165) is 25.7 Å². The maximum absolute atomic E-state index is 12.9. The summed E-state index contributed by atoms with van der Waals surface area (Å²) in [6.07, 6.45) is 7.61. The molecule has 1 aliphatic carbocycles. The molecule has 0 aromatic carbocycles. The number of rotatable bonds is 3. The Labute approximate surface area is 124 Å². The minimum Gasteiger partial charge on any atom is -0.480 e. The van der Waals surface area contributed by atoms with E-state index in [4.69, 9.17) is 0 Å². The van der Waals surface area contributed by atoms with E-state index in [-0.39, 0.29) is 5.91 Å². The molecule has 1 aromatic rings. The fourth-order valence-electron chi connectivity index (χ4n) is 3.37. The molecule has 1 atom stereocenters. The molecule has 1 aromatic heterocycles. The predicted molar refractivity (Wildman–Crippen MR) is 78.2 cm³/mol. The van der Waals surface area contributed by atoms with Crippen molar-refractivity contribution in [2.24, 2.45) is 0 Å². The van der Waals surface area contributed by atoms with E-state index in [1.165, 1.54) is 6.42 Å². The van der Waals surface area contributed by atoms with Crippen molar-refractivity contribution in [3.8, 4) is 0 Å². The second-order valence-electron chi connectivity index (χ2n) is 6.38. The molecule has 1 N–H and O–H groups in total. The van der Waals surface area contributed by atoms with Crippen molar-refractivity contribution in [2.45, 2.75) is 57.0 Å². The van der Waals surface area contributed by atoms with E-state index in [2.05, 4.69) is 0 Å². The SMILES string of the molecule is CC1(C(=O)O)CCCCN1C(=O)c1cccn1C1CCC1. The average Bonchev–Trinajstić information content (AvgIpc) is 2.85. The zero-order chi connectivity index (χ0) is 15.0. The monoisotopic (exact) mass is 290 g/mol. The number of hydrogen-bond acceptors (Lipinski definition) is 2. The Bertz CT molecular complexity index is 562. The van der Waals surface area contributed by atoms with Crippen molar-refractivity contribution in [3.05, 3.63) is 24.0 Å². The molecule has 2 heterocycles. The average molecular weight is 290 g/mol. The summed E-state index contributed by atoms with van der Waals surface area (Å²) >= 11 is 0. The summed E-state index contributed by atoms with van der Waals surface area (Å²) in [6.45, 7) is 2.19. The van der Waals surface area contributed by atoms with Gasteiger partial charge in [0.15, 0.2) is 0 Å². The number of hydrogen-bond donors (Lipinski definition) is 1. The molecule has 5 heteroatoms. The van der Waals surface area contributed by atoms with Crippen molar-refractivity contribution in [1.82, 2.24) is 9.47 Å². The van der Waals surface area contributed by atoms with Crippen LogP contribution in [0.15, 0.2) is 18.3 Å². The van der Waals surface area contributed by atoms with Crippen LogP contribution < -0.4 is 0 Å². The third-order valence-electron chi connectivity index (χ3n) is 5.06. The molecule has 1 aliphatic heterocycles. The molecule has 1 amide bonds. The van der Waals surface area contributed by atoms with E-state index >= 15 is 0 Å². The maximum Gasteiger partial charge on any atom is 0.329 e. The van der Waals surface area contributed by atoms with E-state index < -0.39 is 11.5 Å². The highest BCUT2D eigenvalue weighted by Gasteiger charge is 2.44. The van der Waals surface area contributed by atoms with E-state index in [1.807, 2.05) is 22.9 Å². The summed E-state index contributed by atoms with van der Waals surface area (Å²) in [6, 6.07) is 4.10. The number of likely N-dealkylation sites (tertiary alicyclic amines) is 1. The van der Waals surface area contributed by atoms with Gasteiger partial charge in [-0.15, -0.1) is 0 Å². The smallest absolute Gasteiger partial charge is 0.329 e. The standard InChI is InChI=1S/C16H22N2O3/c1-16(15(20)21)9-2-3-11-18(16)14(19)13-8-5-10-17(13)12-6-4-7-12/h5,8,10,12H,2-4,6-7,9,11H2,1H3,(H,20,21). The van der Waals surface area contributed by atoms with Gasteiger partial charge in [-0.25, -0.2) is 4.79 Å². The van der Waals surface area contributed by atoms with Gasteiger partial charge in [-0.2, -0.15) is 0 Å².